The topological polar surface area (TPSA) is 157 Å². The molecule has 7 rings (SSSR count). The zero-order chi connectivity index (χ0) is 46.4. The molecule has 11 nitrogen and oxygen atoms in total. The van der Waals surface area contributed by atoms with Crippen LogP contribution in [0.4, 0.5) is 17.6 Å². The predicted octanol–water partition coefficient (Wildman–Crippen LogP) is 10.7. The lowest BCUT2D eigenvalue weighted by Gasteiger charge is -2.41. The van der Waals surface area contributed by atoms with Crippen LogP contribution in [0.25, 0.3) is 0 Å². The molecule has 0 spiro atoms. The maximum atomic E-state index is 13.2. The highest BCUT2D eigenvalue weighted by atomic mass is 32.1. The van der Waals surface area contributed by atoms with E-state index in [1.165, 1.54) is 35.1 Å². The molecule has 5 aromatic rings. The van der Waals surface area contributed by atoms with Crippen molar-refractivity contribution in [1.82, 2.24) is 20.2 Å². The van der Waals surface area contributed by atoms with E-state index in [0.29, 0.717) is 35.5 Å². The number of aromatic amines is 1. The molecule has 0 amide bonds. The van der Waals surface area contributed by atoms with Gasteiger partial charge in [-0.2, -0.15) is 18.5 Å². The summed E-state index contributed by atoms with van der Waals surface area (Å²) in [5.41, 5.74) is 5.67. The predicted molar refractivity (Wildman–Crippen MR) is 234 cm³/mol. The highest BCUT2D eigenvalue weighted by Gasteiger charge is 2.39. The third kappa shape index (κ3) is 14.3. The standard InChI is InChI=1S/C24H28F2N4O2.C23H28F2O.CO2.HNOS/c1-17(20-12-18(14-25)11-19(13-20)15-26)32-16-24(21-5-3-2-4-6-21)9-7-22(8-10-24)30-23(31)27-28-29-30;1-18(21-13-19(15-24)12-20(14-21)16-25)26-17-23(10-6-3-7-11-23)22-8-4-2-5-9-22;2-1-3;1-3-2/h2-6,11-13,17,22H,7-10,14-16H2,1H3,(H,27,29,31);2,4-5,8-9,12-14,18H,3,6-7,10-11,15-17H2,1H3;;1H/t17-,22?,24?;18-;;/m11../s1. The van der Waals surface area contributed by atoms with E-state index >= 15 is 0 Å². The second kappa shape index (κ2) is 26.4. The lowest BCUT2D eigenvalue weighted by atomic mass is 9.68. The van der Waals surface area contributed by atoms with Crippen molar-refractivity contribution in [3.63, 3.8) is 0 Å². The number of nitrogens with zero attached hydrogens (tertiary/aromatic N) is 3. The second-order valence-corrected chi connectivity index (χ2v) is 16.5. The van der Waals surface area contributed by atoms with Gasteiger partial charge >= 0.3 is 11.8 Å². The molecule has 0 bridgehead atoms. The number of benzene rings is 4. The Hall–Kier alpha value is -5.41. The maximum Gasteiger partial charge on any atom is 0.373 e. The number of carbonyl (C=O) groups excluding carboxylic acids is 2. The van der Waals surface area contributed by atoms with Gasteiger partial charge in [0.1, 0.15) is 26.7 Å². The fraction of sp³-hybridized carbons (Fsp3) is 0.458. The third-order valence-corrected chi connectivity index (χ3v) is 12.3. The lowest BCUT2D eigenvalue weighted by Crippen LogP contribution is -2.39. The van der Waals surface area contributed by atoms with Gasteiger partial charge in [0.25, 0.3) is 0 Å². The van der Waals surface area contributed by atoms with Crippen LogP contribution in [0.5, 0.6) is 0 Å². The Bertz CT molecular complexity index is 2220. The number of nitrogens with one attached hydrogen (secondary N) is 2. The highest BCUT2D eigenvalue weighted by Crippen LogP contribution is 2.44. The van der Waals surface area contributed by atoms with Crippen molar-refractivity contribution in [1.29, 1.82) is 4.78 Å². The molecule has 4 aromatic carbocycles. The van der Waals surface area contributed by atoms with Crippen LogP contribution in [0.2, 0.25) is 0 Å². The summed E-state index contributed by atoms with van der Waals surface area (Å²) in [6.07, 6.45) is 8.95. The van der Waals surface area contributed by atoms with Crippen LogP contribution in [-0.4, -0.2) is 43.8 Å². The molecule has 1 aromatic heterocycles. The molecule has 0 radical (unpaired) electrons. The van der Waals surface area contributed by atoms with Crippen LogP contribution in [0, 0.1) is 4.78 Å². The number of alkyl halides is 4. The Kier molecular flexibility index (Phi) is 21.1. The lowest BCUT2D eigenvalue weighted by molar-refractivity contribution is -0.191. The van der Waals surface area contributed by atoms with E-state index < -0.39 is 26.7 Å². The number of hydrogen-bond acceptors (Lipinski definition) is 9. The fourth-order valence-corrected chi connectivity index (χ4v) is 8.81. The smallest absolute Gasteiger partial charge is 0.373 e. The first kappa shape index (κ1) is 51.2. The molecule has 2 saturated carbocycles. The van der Waals surface area contributed by atoms with E-state index in [0.717, 1.165) is 49.7 Å². The molecule has 64 heavy (non-hydrogen) atoms. The van der Waals surface area contributed by atoms with Gasteiger partial charge in [0.15, 0.2) is 11.5 Å². The summed E-state index contributed by atoms with van der Waals surface area (Å²) in [5, 5.41) is 9.89. The molecule has 16 heteroatoms. The van der Waals surface area contributed by atoms with Crippen LogP contribution < -0.4 is 5.69 Å². The number of hydrogen-bond donors (Lipinski definition) is 2. The van der Waals surface area contributed by atoms with Crippen molar-refractivity contribution in [3.05, 3.63) is 152 Å². The molecular formula is C48H57F4N5O6S. The van der Waals surface area contributed by atoms with Gasteiger partial charge in [-0.1, -0.05) is 116 Å². The van der Waals surface area contributed by atoms with Gasteiger partial charge in [-0.3, -0.25) is 0 Å². The second-order valence-electron chi connectivity index (χ2n) is 16.3. The van der Waals surface area contributed by atoms with Gasteiger partial charge in [0.2, 0.25) is 0 Å². The fourth-order valence-electron chi connectivity index (χ4n) is 8.81. The zero-order valence-electron chi connectivity index (χ0n) is 36.3. The Balaban J connectivity index is 0.000000254. The first-order valence-electron chi connectivity index (χ1n) is 21.3. The van der Waals surface area contributed by atoms with Crippen molar-refractivity contribution < 1.29 is 40.8 Å². The van der Waals surface area contributed by atoms with Crippen molar-refractivity contribution in [2.75, 3.05) is 13.2 Å². The van der Waals surface area contributed by atoms with Crippen LogP contribution in [0.1, 0.15) is 134 Å². The molecule has 1 heterocycles. The molecular weight excluding hydrogens is 851 g/mol. The molecule has 2 atom stereocenters. The zero-order valence-corrected chi connectivity index (χ0v) is 37.1. The summed E-state index contributed by atoms with van der Waals surface area (Å²) in [7, 11) is 0. The summed E-state index contributed by atoms with van der Waals surface area (Å²) in [6, 6.07) is 31.1. The molecule has 344 valence electrons. The van der Waals surface area contributed by atoms with Crippen LogP contribution >= 0.6 is 0 Å². The summed E-state index contributed by atoms with van der Waals surface area (Å²) >= 11 is -0.250. The molecule has 2 aliphatic rings. The van der Waals surface area contributed by atoms with Crippen LogP contribution in [-0.2, 0) is 68.1 Å². The van der Waals surface area contributed by atoms with Gasteiger partial charge in [0.05, 0.1) is 31.5 Å². The molecule has 2 fully saturated rings. The molecule has 2 N–H and O–H groups in total. The number of halogens is 4. The normalized spacial score (nSPS) is 18.6. The van der Waals surface area contributed by atoms with Crippen molar-refractivity contribution in [2.45, 2.75) is 127 Å². The number of tetrazole rings is 1. The van der Waals surface area contributed by atoms with Gasteiger partial charge in [-0.05, 0) is 107 Å². The first-order valence-corrected chi connectivity index (χ1v) is 22.1. The minimum absolute atomic E-state index is 0.00357. The number of H-pyrrole nitrogens is 1. The third-order valence-electron chi connectivity index (χ3n) is 12.3. The maximum absolute atomic E-state index is 13.2. The van der Waals surface area contributed by atoms with Gasteiger partial charge in [-0.15, -0.1) is 0 Å². The van der Waals surface area contributed by atoms with Crippen LogP contribution in [0.3, 0.4) is 0 Å². The minimum atomic E-state index is -0.635. The molecule has 0 unspecified atom stereocenters. The molecule has 0 saturated heterocycles. The SMILES string of the molecule is C[C@@H](OCC1(c2ccccc2)CCC(n2nn[nH]c2=O)CC1)c1cc(CF)cc(CF)c1.C[C@@H](OCC1(c2ccccc2)CCCCC1)c1cc(CF)cc(CF)c1.N=S=O.O=C=O. The van der Waals surface area contributed by atoms with Gasteiger partial charge in [-0.25, -0.2) is 32.2 Å². The average Bonchev–Trinajstić information content (AvgIpc) is 3.79. The number of rotatable bonds is 15. The van der Waals surface area contributed by atoms with Gasteiger partial charge in [0, 0.05) is 10.8 Å². The monoisotopic (exact) mass is 907 g/mol. The summed E-state index contributed by atoms with van der Waals surface area (Å²) in [5.74, 6) is 0. The molecule has 2 aliphatic carbocycles. The largest absolute Gasteiger partial charge is 0.373 e. The van der Waals surface area contributed by atoms with Gasteiger partial charge < -0.3 is 9.47 Å². The van der Waals surface area contributed by atoms with Crippen molar-refractivity contribution >= 4 is 17.6 Å². The van der Waals surface area contributed by atoms with E-state index in [1.54, 1.807) is 36.4 Å². The summed E-state index contributed by atoms with van der Waals surface area (Å²) < 4.78 is 80.7. The number of ether oxygens (including phenoxy) is 2. The minimum Gasteiger partial charge on any atom is -0.373 e. The van der Waals surface area contributed by atoms with E-state index in [-0.39, 0.29) is 52.4 Å². The van der Waals surface area contributed by atoms with Crippen molar-refractivity contribution in [2.24, 2.45) is 0 Å². The van der Waals surface area contributed by atoms with E-state index in [4.69, 9.17) is 28.1 Å². The molecule has 0 aliphatic heterocycles. The van der Waals surface area contributed by atoms with E-state index in [1.807, 2.05) is 38.1 Å². The Morgan fingerprint density at radius 1 is 0.703 bits per heavy atom. The summed E-state index contributed by atoms with van der Waals surface area (Å²) in [6.45, 7) is 2.57. The Labute approximate surface area is 375 Å². The first-order chi connectivity index (χ1) is 31.0. The quantitative estimate of drug-likeness (QED) is 0.0983. The summed E-state index contributed by atoms with van der Waals surface area (Å²) in [4.78, 5) is 28.2. The highest BCUT2D eigenvalue weighted by molar-refractivity contribution is 7.53. The van der Waals surface area contributed by atoms with Crippen LogP contribution in [0.15, 0.2) is 102 Å². The Morgan fingerprint density at radius 2 is 1.08 bits per heavy atom. The van der Waals surface area contributed by atoms with Crippen molar-refractivity contribution in [3.8, 4) is 0 Å². The Morgan fingerprint density at radius 3 is 1.42 bits per heavy atom. The van der Waals surface area contributed by atoms with E-state index in [2.05, 4.69) is 51.9 Å². The number of aromatic nitrogens is 4. The average molecular weight is 908 g/mol. The van der Waals surface area contributed by atoms with E-state index in [9.17, 15) is 22.4 Å².